The number of aryl methyl sites for hydroxylation is 1. The lowest BCUT2D eigenvalue weighted by Crippen LogP contribution is -2.39. The number of fused-ring (bicyclic) bond motifs is 1. The molecule has 168 valence electrons. The van der Waals surface area contributed by atoms with Gasteiger partial charge < -0.3 is 14.8 Å². The molecular formula is C23H21N5O5. The molecule has 10 nitrogen and oxygen atoms in total. The number of benzene rings is 2. The summed E-state index contributed by atoms with van der Waals surface area (Å²) < 4.78 is 12.5. The fourth-order valence-electron chi connectivity index (χ4n) is 3.91. The number of methoxy groups -OCH3 is 1. The fourth-order valence-corrected chi connectivity index (χ4v) is 3.91. The minimum Gasteiger partial charge on any atom is -0.495 e. The van der Waals surface area contributed by atoms with Crippen molar-refractivity contribution in [3.63, 3.8) is 0 Å². The molecule has 1 unspecified atom stereocenters. The third-order valence-electron chi connectivity index (χ3n) is 5.42. The van der Waals surface area contributed by atoms with Crippen molar-refractivity contribution in [2.75, 3.05) is 19.0 Å². The molecule has 1 aromatic heterocycles. The number of nitrogens with zero attached hydrogens (tertiary/aromatic N) is 3. The number of imide groups is 1. The van der Waals surface area contributed by atoms with Gasteiger partial charge in [0.05, 0.1) is 24.4 Å². The lowest BCUT2D eigenvalue weighted by atomic mass is 9.93. The zero-order valence-corrected chi connectivity index (χ0v) is 18.0. The van der Waals surface area contributed by atoms with Gasteiger partial charge in [-0.1, -0.05) is 18.2 Å². The second-order valence-electron chi connectivity index (χ2n) is 7.50. The second-order valence-corrected chi connectivity index (χ2v) is 7.50. The van der Waals surface area contributed by atoms with Gasteiger partial charge in [-0.25, -0.2) is 0 Å². The fraction of sp³-hybridized carbons (Fsp3) is 0.261. The summed E-state index contributed by atoms with van der Waals surface area (Å²) >= 11 is 0. The standard InChI is InChI=1S/C23H21N5O5/c1-28-22-13(21(27-28)14-9-10-19(29)26-23(14)31)5-3-8-18(22)33-12-20(30)25-16-6-4-7-17(32-2)15(16)11-24/h3-8,14H,9-10,12H2,1-2H3,(H,25,30)(H,26,29,31). The van der Waals surface area contributed by atoms with Crippen LogP contribution in [0.1, 0.15) is 30.0 Å². The van der Waals surface area contributed by atoms with Crippen LogP contribution in [0.15, 0.2) is 36.4 Å². The predicted octanol–water partition coefficient (Wildman–Crippen LogP) is 1.99. The van der Waals surface area contributed by atoms with Gasteiger partial charge in [-0.3, -0.25) is 24.4 Å². The molecule has 1 aliphatic heterocycles. The monoisotopic (exact) mass is 447 g/mol. The average Bonchev–Trinajstić information content (AvgIpc) is 3.14. The van der Waals surface area contributed by atoms with E-state index in [2.05, 4.69) is 15.7 Å². The molecule has 2 N–H and O–H groups in total. The highest BCUT2D eigenvalue weighted by Gasteiger charge is 2.32. The highest BCUT2D eigenvalue weighted by atomic mass is 16.5. The third-order valence-corrected chi connectivity index (χ3v) is 5.42. The van der Waals surface area contributed by atoms with Crippen molar-refractivity contribution >= 4 is 34.3 Å². The molecule has 1 fully saturated rings. The molecule has 33 heavy (non-hydrogen) atoms. The van der Waals surface area contributed by atoms with Gasteiger partial charge in [0, 0.05) is 18.9 Å². The molecule has 4 rings (SSSR count). The minimum absolute atomic E-state index is 0.218. The highest BCUT2D eigenvalue weighted by Crippen LogP contribution is 2.34. The van der Waals surface area contributed by atoms with E-state index in [1.54, 1.807) is 42.1 Å². The summed E-state index contributed by atoms with van der Waals surface area (Å²) in [6.07, 6.45) is 0.631. The van der Waals surface area contributed by atoms with E-state index in [0.29, 0.717) is 40.2 Å². The van der Waals surface area contributed by atoms with E-state index in [1.165, 1.54) is 7.11 Å². The molecule has 0 aliphatic carbocycles. The summed E-state index contributed by atoms with van der Waals surface area (Å²) in [5, 5.41) is 19.6. The van der Waals surface area contributed by atoms with Crippen LogP contribution in [-0.2, 0) is 21.4 Å². The Hall–Kier alpha value is -4.39. The Bertz CT molecular complexity index is 1310. The SMILES string of the molecule is COc1cccc(NC(=O)COc2cccc3c(C4CCC(=O)NC4=O)nn(C)c23)c1C#N. The second kappa shape index (κ2) is 9.00. The van der Waals surface area contributed by atoms with Gasteiger partial charge >= 0.3 is 0 Å². The quantitative estimate of drug-likeness (QED) is 0.552. The predicted molar refractivity (Wildman–Crippen MR) is 118 cm³/mol. The van der Waals surface area contributed by atoms with Crippen molar-refractivity contribution in [1.82, 2.24) is 15.1 Å². The summed E-state index contributed by atoms with van der Waals surface area (Å²) in [6, 6.07) is 12.2. The largest absolute Gasteiger partial charge is 0.495 e. The Labute approximate surface area is 189 Å². The van der Waals surface area contributed by atoms with Crippen LogP contribution in [0.25, 0.3) is 10.9 Å². The molecular weight excluding hydrogens is 426 g/mol. The molecule has 1 saturated heterocycles. The van der Waals surface area contributed by atoms with Crippen LogP contribution in [0.3, 0.4) is 0 Å². The zero-order chi connectivity index (χ0) is 23.5. The molecule has 3 amide bonds. The Morgan fingerprint density at radius 3 is 2.76 bits per heavy atom. The van der Waals surface area contributed by atoms with Crippen LogP contribution >= 0.6 is 0 Å². The summed E-state index contributed by atoms with van der Waals surface area (Å²) in [4.78, 5) is 36.3. The van der Waals surface area contributed by atoms with E-state index >= 15 is 0 Å². The van der Waals surface area contributed by atoms with Crippen molar-refractivity contribution in [1.29, 1.82) is 5.26 Å². The number of anilines is 1. The van der Waals surface area contributed by atoms with E-state index in [9.17, 15) is 19.6 Å². The lowest BCUT2D eigenvalue weighted by molar-refractivity contribution is -0.134. The van der Waals surface area contributed by atoms with Gasteiger partial charge in [0.25, 0.3) is 5.91 Å². The number of carbonyl (C=O) groups excluding carboxylic acids is 3. The third kappa shape index (κ3) is 4.21. The van der Waals surface area contributed by atoms with Gasteiger partial charge in [0.15, 0.2) is 6.61 Å². The first-order chi connectivity index (χ1) is 15.9. The number of hydrogen-bond donors (Lipinski definition) is 2. The zero-order valence-electron chi connectivity index (χ0n) is 18.0. The smallest absolute Gasteiger partial charge is 0.262 e. The number of carbonyl (C=O) groups is 3. The van der Waals surface area contributed by atoms with Crippen LogP contribution in [0.4, 0.5) is 5.69 Å². The molecule has 0 spiro atoms. The molecule has 3 aromatic rings. The number of nitriles is 1. The normalized spacial score (nSPS) is 15.6. The number of ether oxygens (including phenoxy) is 2. The average molecular weight is 447 g/mol. The number of aromatic nitrogens is 2. The molecule has 10 heteroatoms. The first kappa shape index (κ1) is 21.8. The van der Waals surface area contributed by atoms with Gasteiger partial charge in [-0.15, -0.1) is 0 Å². The van der Waals surface area contributed by atoms with Crippen LogP contribution in [-0.4, -0.2) is 41.2 Å². The van der Waals surface area contributed by atoms with Crippen LogP contribution in [0.5, 0.6) is 11.5 Å². The van der Waals surface area contributed by atoms with Crippen LogP contribution < -0.4 is 20.1 Å². The maximum Gasteiger partial charge on any atom is 0.262 e. The van der Waals surface area contributed by atoms with Crippen LogP contribution in [0, 0.1) is 11.3 Å². The first-order valence-corrected chi connectivity index (χ1v) is 10.2. The van der Waals surface area contributed by atoms with E-state index in [0.717, 1.165) is 0 Å². The van der Waals surface area contributed by atoms with E-state index in [1.807, 2.05) is 12.1 Å². The highest BCUT2D eigenvalue weighted by molar-refractivity contribution is 6.03. The summed E-state index contributed by atoms with van der Waals surface area (Å²) in [7, 11) is 3.17. The van der Waals surface area contributed by atoms with Crippen molar-refractivity contribution in [2.24, 2.45) is 7.05 Å². The van der Waals surface area contributed by atoms with Crippen molar-refractivity contribution in [3.8, 4) is 17.6 Å². The molecule has 0 radical (unpaired) electrons. The molecule has 2 aromatic carbocycles. The number of amides is 3. The number of hydrogen-bond acceptors (Lipinski definition) is 7. The Balaban J connectivity index is 1.54. The van der Waals surface area contributed by atoms with Crippen molar-refractivity contribution in [2.45, 2.75) is 18.8 Å². The maximum absolute atomic E-state index is 12.5. The Morgan fingerprint density at radius 1 is 1.27 bits per heavy atom. The molecule has 1 aliphatic rings. The van der Waals surface area contributed by atoms with E-state index in [-0.39, 0.29) is 30.4 Å². The number of piperidine rings is 1. The van der Waals surface area contributed by atoms with E-state index < -0.39 is 11.8 Å². The first-order valence-electron chi connectivity index (χ1n) is 10.2. The van der Waals surface area contributed by atoms with Gasteiger partial charge in [0.2, 0.25) is 11.8 Å². The van der Waals surface area contributed by atoms with Gasteiger partial charge in [0.1, 0.15) is 28.6 Å². The van der Waals surface area contributed by atoms with E-state index in [4.69, 9.17) is 9.47 Å². The topological polar surface area (TPSA) is 135 Å². The Kier molecular flexibility index (Phi) is 5.95. The molecule has 0 bridgehead atoms. The molecule has 2 heterocycles. The van der Waals surface area contributed by atoms with Gasteiger partial charge in [-0.2, -0.15) is 10.4 Å². The van der Waals surface area contributed by atoms with Gasteiger partial charge in [-0.05, 0) is 24.6 Å². The number of rotatable bonds is 6. The molecule has 1 atom stereocenters. The summed E-state index contributed by atoms with van der Waals surface area (Å²) in [6.45, 7) is -0.305. The maximum atomic E-state index is 12.5. The summed E-state index contributed by atoms with van der Waals surface area (Å²) in [5.74, 6) is -0.878. The lowest BCUT2D eigenvalue weighted by Gasteiger charge is -2.19. The number of nitrogens with one attached hydrogen (secondary N) is 2. The van der Waals surface area contributed by atoms with Crippen molar-refractivity contribution in [3.05, 3.63) is 47.7 Å². The Morgan fingerprint density at radius 2 is 2.03 bits per heavy atom. The van der Waals surface area contributed by atoms with Crippen molar-refractivity contribution < 1.29 is 23.9 Å². The minimum atomic E-state index is -0.539. The van der Waals surface area contributed by atoms with Crippen LogP contribution in [0.2, 0.25) is 0 Å². The number of para-hydroxylation sites is 1. The summed E-state index contributed by atoms with van der Waals surface area (Å²) in [5.41, 5.74) is 1.73. The molecule has 0 saturated carbocycles.